The lowest BCUT2D eigenvalue weighted by Crippen LogP contribution is -2.25. The number of nitrogen functional groups attached to an aromatic ring is 1. The second kappa shape index (κ2) is 7.08. The van der Waals surface area contributed by atoms with Crippen LogP contribution in [0.1, 0.15) is 37.4 Å². The van der Waals surface area contributed by atoms with Crippen LogP contribution >= 0.6 is 0 Å². The average Bonchev–Trinajstić information content (AvgIpc) is 2.74. The van der Waals surface area contributed by atoms with E-state index in [1.165, 1.54) is 12.1 Å². The van der Waals surface area contributed by atoms with E-state index in [1.807, 2.05) is 19.1 Å². The number of hydrogen-bond donors (Lipinski definition) is 2. The summed E-state index contributed by atoms with van der Waals surface area (Å²) in [5.41, 5.74) is 7.90. The molecule has 0 aromatic heterocycles. The van der Waals surface area contributed by atoms with Crippen molar-refractivity contribution in [1.82, 2.24) is 0 Å². The molecule has 7 nitrogen and oxygen atoms in total. The van der Waals surface area contributed by atoms with Gasteiger partial charge in [0.15, 0.2) is 11.6 Å². The van der Waals surface area contributed by atoms with Gasteiger partial charge < -0.3 is 11.1 Å². The van der Waals surface area contributed by atoms with Crippen molar-refractivity contribution in [2.75, 3.05) is 18.2 Å². The summed E-state index contributed by atoms with van der Waals surface area (Å²) < 4.78 is 29.5. The van der Waals surface area contributed by atoms with Gasteiger partial charge in [-0.2, -0.15) is 8.42 Å². The van der Waals surface area contributed by atoms with Gasteiger partial charge in [0.1, 0.15) is 4.90 Å². The summed E-state index contributed by atoms with van der Waals surface area (Å²) in [6.07, 6.45) is 0. The van der Waals surface area contributed by atoms with Crippen LogP contribution in [0.4, 0.5) is 17.1 Å². The number of nitrogens with two attached hydrogens (primary N) is 1. The zero-order valence-electron chi connectivity index (χ0n) is 16.2. The first-order valence-corrected chi connectivity index (χ1v) is 10.4. The predicted molar refractivity (Wildman–Crippen MR) is 113 cm³/mol. The number of anilines is 3. The Morgan fingerprint density at radius 3 is 2.03 bits per heavy atom. The normalized spacial score (nSPS) is 13.0. The minimum absolute atomic E-state index is 0.0341. The van der Waals surface area contributed by atoms with Crippen molar-refractivity contribution < 1.29 is 22.2 Å². The van der Waals surface area contributed by atoms with E-state index in [4.69, 9.17) is 5.73 Å². The number of carbonyl (C=O) groups excluding carboxylic acids is 2. The highest BCUT2D eigenvalue weighted by atomic mass is 32.2. The van der Waals surface area contributed by atoms with Gasteiger partial charge in [0.25, 0.3) is 10.1 Å². The van der Waals surface area contributed by atoms with Crippen molar-refractivity contribution >= 4 is 38.7 Å². The number of rotatable bonds is 4. The zero-order valence-corrected chi connectivity index (χ0v) is 17.0. The smallest absolute Gasteiger partial charge is 0.298 e. The van der Waals surface area contributed by atoms with E-state index in [0.29, 0.717) is 5.69 Å². The molecule has 4 rings (SSSR count). The van der Waals surface area contributed by atoms with Gasteiger partial charge in [-0.25, -0.2) is 0 Å². The summed E-state index contributed by atoms with van der Waals surface area (Å²) in [7, 11) is -3.23. The first-order chi connectivity index (χ1) is 14.2. The Hall–Kier alpha value is -3.49. The Labute approximate surface area is 173 Å². The lowest BCUT2D eigenvalue weighted by molar-refractivity contribution is 0.0980. The molecule has 0 amide bonds. The van der Waals surface area contributed by atoms with Crippen LogP contribution < -0.4 is 11.1 Å². The molecule has 0 saturated carbocycles. The number of aryl methyl sites for hydroxylation is 1. The van der Waals surface area contributed by atoms with Crippen molar-refractivity contribution in [1.29, 1.82) is 0 Å². The molecule has 30 heavy (non-hydrogen) atoms. The minimum Gasteiger partial charge on any atom is -0.397 e. The number of hydrogen-bond acceptors (Lipinski definition) is 7. The lowest BCUT2D eigenvalue weighted by atomic mass is 9.82. The predicted octanol–water partition coefficient (Wildman–Crippen LogP) is 3.43. The molecule has 0 spiro atoms. The molecule has 0 heterocycles. The Kier molecular flexibility index (Phi) is 4.68. The third-order valence-corrected chi connectivity index (χ3v) is 6.33. The molecule has 1 aliphatic carbocycles. The van der Waals surface area contributed by atoms with Crippen LogP contribution in [0.2, 0.25) is 0 Å². The standard InChI is InChI=1S/C22H18N2O5S/c1-12-7-9-13(10-8-12)24-16-11-17(30(27,28)29-2)20(23)19-18(16)21(25)14-5-3-4-6-15(14)22(19)26/h3-11,24H,23H2,1-2H3. The Morgan fingerprint density at radius 1 is 0.900 bits per heavy atom. The molecule has 0 bridgehead atoms. The van der Waals surface area contributed by atoms with Crippen molar-refractivity contribution in [3.8, 4) is 0 Å². The van der Waals surface area contributed by atoms with Gasteiger partial charge in [0, 0.05) is 16.8 Å². The topological polar surface area (TPSA) is 116 Å². The molecule has 0 fully saturated rings. The van der Waals surface area contributed by atoms with E-state index in [-0.39, 0.29) is 38.5 Å². The highest BCUT2D eigenvalue weighted by Crippen LogP contribution is 2.40. The molecule has 0 radical (unpaired) electrons. The summed E-state index contributed by atoms with van der Waals surface area (Å²) in [5.74, 6) is -0.930. The number of carbonyl (C=O) groups is 2. The van der Waals surface area contributed by atoms with Gasteiger partial charge in [0.2, 0.25) is 0 Å². The van der Waals surface area contributed by atoms with Crippen LogP contribution in [0.3, 0.4) is 0 Å². The quantitative estimate of drug-likeness (QED) is 0.382. The fourth-order valence-corrected chi connectivity index (χ4v) is 4.29. The Morgan fingerprint density at radius 2 is 1.47 bits per heavy atom. The molecule has 3 aromatic carbocycles. The van der Waals surface area contributed by atoms with Gasteiger partial charge >= 0.3 is 0 Å². The highest BCUT2D eigenvalue weighted by Gasteiger charge is 2.36. The molecule has 0 atom stereocenters. The largest absolute Gasteiger partial charge is 0.397 e. The van der Waals surface area contributed by atoms with E-state index in [0.717, 1.165) is 12.7 Å². The molecular formula is C22H18N2O5S. The van der Waals surface area contributed by atoms with Crippen molar-refractivity contribution in [3.63, 3.8) is 0 Å². The zero-order chi connectivity index (χ0) is 21.6. The maximum absolute atomic E-state index is 13.3. The van der Waals surface area contributed by atoms with E-state index in [9.17, 15) is 18.0 Å². The molecule has 0 unspecified atom stereocenters. The van der Waals surface area contributed by atoms with Crippen LogP contribution in [0.15, 0.2) is 59.5 Å². The first-order valence-electron chi connectivity index (χ1n) is 9.04. The molecule has 8 heteroatoms. The van der Waals surface area contributed by atoms with Crippen LogP contribution in [-0.4, -0.2) is 27.1 Å². The monoisotopic (exact) mass is 422 g/mol. The van der Waals surface area contributed by atoms with E-state index < -0.39 is 21.7 Å². The molecule has 0 saturated heterocycles. The summed E-state index contributed by atoms with van der Waals surface area (Å²) in [4.78, 5) is 26.1. The minimum atomic E-state index is -4.23. The van der Waals surface area contributed by atoms with Gasteiger partial charge in [-0.3, -0.25) is 13.8 Å². The van der Waals surface area contributed by atoms with E-state index in [1.54, 1.807) is 30.3 Å². The second-order valence-corrected chi connectivity index (χ2v) is 8.58. The van der Waals surface area contributed by atoms with E-state index >= 15 is 0 Å². The molecule has 0 aliphatic heterocycles. The highest BCUT2D eigenvalue weighted by molar-refractivity contribution is 7.87. The number of fused-ring (bicyclic) bond motifs is 2. The lowest BCUT2D eigenvalue weighted by Gasteiger charge is -2.24. The summed E-state index contributed by atoms with van der Waals surface area (Å²) >= 11 is 0. The van der Waals surface area contributed by atoms with Gasteiger partial charge in [0.05, 0.1) is 29.6 Å². The van der Waals surface area contributed by atoms with Crippen molar-refractivity contribution in [3.05, 3.63) is 82.4 Å². The first kappa shape index (κ1) is 19.8. The van der Waals surface area contributed by atoms with Crippen LogP contribution in [0.5, 0.6) is 0 Å². The van der Waals surface area contributed by atoms with Gasteiger partial charge in [-0.1, -0.05) is 42.0 Å². The van der Waals surface area contributed by atoms with Crippen molar-refractivity contribution in [2.45, 2.75) is 11.8 Å². The van der Waals surface area contributed by atoms with Crippen molar-refractivity contribution in [2.24, 2.45) is 0 Å². The summed E-state index contributed by atoms with van der Waals surface area (Å²) in [5, 5.41) is 3.06. The van der Waals surface area contributed by atoms with Crippen LogP contribution in [-0.2, 0) is 14.3 Å². The maximum atomic E-state index is 13.3. The summed E-state index contributed by atoms with van der Waals surface area (Å²) in [6.45, 7) is 1.93. The molecule has 152 valence electrons. The Bertz CT molecular complexity index is 1310. The maximum Gasteiger partial charge on any atom is 0.298 e. The van der Waals surface area contributed by atoms with Gasteiger partial charge in [-0.05, 0) is 25.1 Å². The molecule has 3 N–H and O–H groups in total. The average molecular weight is 422 g/mol. The van der Waals surface area contributed by atoms with Gasteiger partial charge in [-0.15, -0.1) is 0 Å². The SMILES string of the molecule is COS(=O)(=O)c1cc(Nc2ccc(C)cc2)c2c(c1N)C(=O)c1ccccc1C2=O. The number of nitrogens with one attached hydrogen (secondary N) is 1. The third-order valence-electron chi connectivity index (χ3n) is 5.02. The Balaban J connectivity index is 2.02. The molecular weight excluding hydrogens is 404 g/mol. The molecule has 3 aromatic rings. The third kappa shape index (κ3) is 3.06. The number of ketones is 2. The molecule has 1 aliphatic rings. The second-order valence-electron chi connectivity index (χ2n) is 6.90. The van der Waals surface area contributed by atoms with E-state index in [2.05, 4.69) is 9.50 Å². The number of benzene rings is 3. The van der Waals surface area contributed by atoms with Crippen LogP contribution in [0, 0.1) is 6.92 Å². The summed E-state index contributed by atoms with van der Waals surface area (Å²) in [6, 6.07) is 14.9. The fourth-order valence-electron chi connectivity index (χ4n) is 3.48. The van der Waals surface area contributed by atoms with Crippen LogP contribution in [0.25, 0.3) is 0 Å². The fraction of sp³-hybridized carbons (Fsp3) is 0.0909.